The molecule has 0 fully saturated rings. The van der Waals surface area contributed by atoms with E-state index < -0.39 is 12.6 Å². The van der Waals surface area contributed by atoms with Gasteiger partial charge in [0.2, 0.25) is 5.82 Å². The zero-order chi connectivity index (χ0) is 23.2. The number of hydrogen-bond donors (Lipinski definition) is 3. The highest BCUT2D eigenvalue weighted by atomic mass is 35.5. The lowest BCUT2D eigenvalue weighted by Gasteiger charge is -2.13. The lowest BCUT2D eigenvalue weighted by Crippen LogP contribution is -2.13. The summed E-state index contributed by atoms with van der Waals surface area (Å²) in [6, 6.07) is 18.9. The summed E-state index contributed by atoms with van der Waals surface area (Å²) in [4.78, 5) is 25.0. The maximum atomic E-state index is 12.8. The maximum absolute atomic E-state index is 12.8. The number of benzene rings is 3. The molecule has 3 aromatic carbocycles. The third-order valence-corrected chi connectivity index (χ3v) is 5.73. The van der Waals surface area contributed by atoms with Crippen LogP contribution in [-0.4, -0.2) is 44.2 Å². The Hall–Kier alpha value is -3.89. The number of rotatable bonds is 8. The predicted molar refractivity (Wildman–Crippen MR) is 123 cm³/mol. The Balaban J connectivity index is 1.55. The second kappa shape index (κ2) is 10.2. The number of tetrazole rings is 1. The topological polar surface area (TPSA) is 130 Å². The fraction of sp³-hybridized carbons (Fsp3) is 0.0455. The Morgan fingerprint density at radius 1 is 1.06 bits per heavy atom. The molecule has 0 aliphatic heterocycles. The molecular weight excluding hydrogens is 466 g/mol. The van der Waals surface area contributed by atoms with Gasteiger partial charge in [0.25, 0.3) is 5.91 Å². The molecule has 9 nitrogen and oxygen atoms in total. The fourth-order valence-electron chi connectivity index (χ4n) is 2.86. The van der Waals surface area contributed by atoms with Crippen LogP contribution in [0.15, 0.2) is 76.5 Å². The lowest BCUT2D eigenvalue weighted by molar-refractivity contribution is -0.139. The fourth-order valence-corrected chi connectivity index (χ4v) is 4.17. The normalized spacial score (nSPS) is 10.6. The summed E-state index contributed by atoms with van der Waals surface area (Å²) in [7, 11) is 0. The summed E-state index contributed by atoms with van der Waals surface area (Å²) in [5.74, 6) is -0.605. The number of carbonyl (C=O) groups excluding carboxylic acids is 1. The second-order valence-corrected chi connectivity index (χ2v) is 8.16. The molecule has 0 radical (unpaired) electrons. The molecule has 166 valence electrons. The largest absolute Gasteiger partial charge is 0.482 e. The van der Waals surface area contributed by atoms with Crippen LogP contribution >= 0.6 is 23.4 Å². The summed E-state index contributed by atoms with van der Waals surface area (Å²) in [6.07, 6.45) is 0. The summed E-state index contributed by atoms with van der Waals surface area (Å²) < 4.78 is 5.09. The molecule has 11 heteroatoms. The average molecular weight is 482 g/mol. The van der Waals surface area contributed by atoms with Gasteiger partial charge in [-0.2, -0.15) is 5.21 Å². The van der Waals surface area contributed by atoms with Crippen molar-refractivity contribution < 1.29 is 19.4 Å². The molecule has 3 N–H and O–H groups in total. The number of nitrogens with one attached hydrogen (secondary N) is 2. The predicted octanol–water partition coefficient (Wildman–Crippen LogP) is 4.39. The van der Waals surface area contributed by atoms with Gasteiger partial charge in [-0.1, -0.05) is 35.5 Å². The molecule has 0 bridgehead atoms. The third kappa shape index (κ3) is 5.68. The van der Waals surface area contributed by atoms with Crippen molar-refractivity contribution in [3.05, 3.63) is 77.3 Å². The van der Waals surface area contributed by atoms with Crippen LogP contribution in [0, 0.1) is 0 Å². The minimum absolute atomic E-state index is 0.338. The van der Waals surface area contributed by atoms with Gasteiger partial charge in [0.15, 0.2) is 6.61 Å². The van der Waals surface area contributed by atoms with Crippen molar-refractivity contribution in [2.45, 2.75) is 9.79 Å². The van der Waals surface area contributed by atoms with Gasteiger partial charge >= 0.3 is 5.97 Å². The van der Waals surface area contributed by atoms with Crippen LogP contribution in [0.2, 0.25) is 5.02 Å². The first-order valence-electron chi connectivity index (χ1n) is 9.56. The Bertz CT molecular complexity index is 1280. The van der Waals surface area contributed by atoms with Crippen molar-refractivity contribution in [2.24, 2.45) is 0 Å². The van der Waals surface area contributed by atoms with Gasteiger partial charge < -0.3 is 15.2 Å². The number of aliphatic carboxylic acids is 1. The van der Waals surface area contributed by atoms with Crippen molar-refractivity contribution in [1.29, 1.82) is 0 Å². The number of anilines is 1. The Morgan fingerprint density at radius 3 is 2.58 bits per heavy atom. The van der Waals surface area contributed by atoms with Gasteiger partial charge in [0.1, 0.15) is 5.75 Å². The van der Waals surface area contributed by atoms with Crippen LogP contribution in [0.5, 0.6) is 5.75 Å². The van der Waals surface area contributed by atoms with Gasteiger partial charge in [0, 0.05) is 25.9 Å². The molecular formula is C22H16ClN5O4S. The van der Waals surface area contributed by atoms with Crippen molar-refractivity contribution >= 4 is 40.9 Å². The van der Waals surface area contributed by atoms with Crippen LogP contribution in [0.1, 0.15) is 10.4 Å². The van der Waals surface area contributed by atoms with Crippen molar-refractivity contribution in [2.75, 3.05) is 11.9 Å². The van der Waals surface area contributed by atoms with Gasteiger partial charge in [-0.3, -0.25) is 4.79 Å². The van der Waals surface area contributed by atoms with E-state index in [1.54, 1.807) is 30.3 Å². The summed E-state index contributed by atoms with van der Waals surface area (Å²) in [5, 5.41) is 26.3. The number of carboxylic acids is 1. The highest BCUT2D eigenvalue weighted by Gasteiger charge is 2.15. The minimum atomic E-state index is -1.08. The van der Waals surface area contributed by atoms with Gasteiger partial charge in [0.05, 0.1) is 5.69 Å². The number of aromatic nitrogens is 4. The SMILES string of the molecule is O=C(O)COc1ccc(C(=O)Nc2ccc(Cl)cc2Sc2ccccc2-c2nn[nH]n2)cc1. The molecule has 4 aromatic rings. The monoisotopic (exact) mass is 481 g/mol. The molecule has 0 aliphatic carbocycles. The van der Waals surface area contributed by atoms with Crippen LogP contribution in [0.25, 0.3) is 11.4 Å². The number of H-pyrrole nitrogens is 1. The van der Waals surface area contributed by atoms with E-state index in [2.05, 4.69) is 25.9 Å². The molecule has 33 heavy (non-hydrogen) atoms. The van der Waals surface area contributed by atoms with Crippen LogP contribution in [0.3, 0.4) is 0 Å². The van der Waals surface area contributed by atoms with Crippen molar-refractivity contribution in [3.63, 3.8) is 0 Å². The second-order valence-electron chi connectivity index (χ2n) is 6.64. The quantitative estimate of drug-likeness (QED) is 0.338. The van der Waals surface area contributed by atoms with E-state index in [1.807, 2.05) is 24.3 Å². The minimum Gasteiger partial charge on any atom is -0.482 e. The first-order valence-corrected chi connectivity index (χ1v) is 10.8. The van der Waals surface area contributed by atoms with Gasteiger partial charge in [-0.05, 0) is 59.8 Å². The molecule has 0 atom stereocenters. The average Bonchev–Trinajstić information content (AvgIpc) is 3.35. The highest BCUT2D eigenvalue weighted by molar-refractivity contribution is 7.99. The van der Waals surface area contributed by atoms with E-state index in [1.165, 1.54) is 23.9 Å². The molecule has 0 saturated heterocycles. The van der Waals surface area contributed by atoms with Crippen LogP contribution in [0.4, 0.5) is 5.69 Å². The smallest absolute Gasteiger partial charge is 0.341 e. The van der Waals surface area contributed by atoms with Crippen molar-refractivity contribution in [1.82, 2.24) is 20.6 Å². The van der Waals surface area contributed by atoms with Crippen LogP contribution in [-0.2, 0) is 4.79 Å². The Labute approximate surface area is 197 Å². The molecule has 0 spiro atoms. The zero-order valence-electron chi connectivity index (χ0n) is 16.9. The first-order chi connectivity index (χ1) is 16.0. The molecule has 4 rings (SSSR count). The molecule has 1 heterocycles. The van der Waals surface area contributed by atoms with Crippen molar-refractivity contribution in [3.8, 4) is 17.1 Å². The van der Waals surface area contributed by atoms with E-state index in [9.17, 15) is 9.59 Å². The number of carbonyl (C=O) groups is 2. The Morgan fingerprint density at radius 2 is 1.85 bits per heavy atom. The Kier molecular flexibility index (Phi) is 6.86. The number of hydrogen-bond acceptors (Lipinski definition) is 7. The van der Waals surface area contributed by atoms with Crippen LogP contribution < -0.4 is 10.1 Å². The van der Waals surface area contributed by atoms with E-state index in [4.69, 9.17) is 21.4 Å². The first kappa shape index (κ1) is 22.3. The number of halogens is 1. The number of ether oxygens (including phenoxy) is 1. The maximum Gasteiger partial charge on any atom is 0.341 e. The summed E-state index contributed by atoms with van der Waals surface area (Å²) in [5.41, 5.74) is 1.74. The van der Waals surface area contributed by atoms with E-state index in [0.717, 1.165) is 15.4 Å². The number of carboxylic acid groups (broad SMARTS) is 1. The zero-order valence-corrected chi connectivity index (χ0v) is 18.4. The third-order valence-electron chi connectivity index (χ3n) is 4.36. The number of amides is 1. The van der Waals surface area contributed by atoms with E-state index >= 15 is 0 Å². The lowest BCUT2D eigenvalue weighted by atomic mass is 10.2. The molecule has 0 unspecified atom stereocenters. The standard InChI is InChI=1S/C22H16ClN5O4S/c23-14-7-10-17(24-22(31)13-5-8-15(9-6-13)32-12-20(29)30)19(11-14)33-18-4-2-1-3-16(18)21-25-27-28-26-21/h1-11H,12H2,(H,24,31)(H,29,30)(H,25,26,27,28). The highest BCUT2D eigenvalue weighted by Crippen LogP contribution is 2.39. The molecule has 0 saturated carbocycles. The number of nitrogens with zero attached hydrogens (tertiary/aromatic N) is 3. The summed E-state index contributed by atoms with van der Waals surface area (Å²) in [6.45, 7) is -0.456. The molecule has 0 aliphatic rings. The van der Waals surface area contributed by atoms with Gasteiger partial charge in [-0.15, -0.1) is 10.2 Å². The molecule has 1 amide bonds. The summed E-state index contributed by atoms with van der Waals surface area (Å²) >= 11 is 7.63. The van der Waals surface area contributed by atoms with E-state index in [0.29, 0.717) is 27.8 Å². The molecule has 1 aromatic heterocycles. The van der Waals surface area contributed by atoms with Gasteiger partial charge in [-0.25, -0.2) is 4.79 Å². The van der Waals surface area contributed by atoms with E-state index in [-0.39, 0.29) is 5.91 Å². The number of aromatic amines is 1.